The van der Waals surface area contributed by atoms with E-state index in [9.17, 15) is 14.4 Å². The maximum absolute atomic E-state index is 14.0. The van der Waals surface area contributed by atoms with Gasteiger partial charge in [0.05, 0.1) is 28.3 Å². The minimum atomic E-state index is -0.587. The average molecular weight is 666 g/mol. The van der Waals surface area contributed by atoms with Crippen molar-refractivity contribution >= 4 is 34.5 Å². The lowest BCUT2D eigenvalue weighted by atomic mass is 9.98. The zero-order valence-electron chi connectivity index (χ0n) is 29.6. The fraction of sp³-hybridized carbons (Fsp3) is 0.553. The fourth-order valence-electron chi connectivity index (χ4n) is 6.43. The summed E-state index contributed by atoms with van der Waals surface area (Å²) in [6.45, 7) is 20.1. The molecule has 0 bridgehead atoms. The number of amides is 2. The number of ether oxygens (including phenoxy) is 2. The molecule has 3 aromatic rings. The van der Waals surface area contributed by atoms with E-state index in [1.54, 1.807) is 12.1 Å². The van der Waals surface area contributed by atoms with E-state index in [0.717, 1.165) is 36.0 Å². The number of nitrogens with zero attached hydrogens (tertiary/aromatic N) is 2. The second-order valence-corrected chi connectivity index (χ2v) is 15.3. The highest BCUT2D eigenvalue weighted by atomic mass is 35.5. The van der Waals surface area contributed by atoms with E-state index in [-0.39, 0.29) is 47.1 Å². The highest BCUT2D eigenvalue weighted by molar-refractivity contribution is 6.34. The summed E-state index contributed by atoms with van der Waals surface area (Å²) in [6.07, 6.45) is 3.03. The van der Waals surface area contributed by atoms with Crippen LogP contribution < -0.4 is 10.3 Å². The number of hydrogen-bond acceptors (Lipinski definition) is 5. The normalized spacial score (nSPS) is 15.4. The number of pyridine rings is 1. The molecule has 4 rings (SSSR count). The van der Waals surface area contributed by atoms with Gasteiger partial charge in [-0.25, -0.2) is 4.79 Å². The van der Waals surface area contributed by atoms with Gasteiger partial charge in [0, 0.05) is 37.5 Å². The highest BCUT2D eigenvalue weighted by Crippen LogP contribution is 2.37. The number of likely N-dealkylation sites (tertiary alicyclic amines) is 1. The van der Waals surface area contributed by atoms with Gasteiger partial charge in [-0.15, -0.1) is 0 Å². The van der Waals surface area contributed by atoms with Gasteiger partial charge in [0.15, 0.2) is 0 Å². The quantitative estimate of drug-likeness (QED) is 0.234. The number of nitrogens with one attached hydrogen (secondary N) is 1. The number of aromatic nitrogens is 1. The van der Waals surface area contributed by atoms with E-state index < -0.39 is 5.60 Å². The van der Waals surface area contributed by atoms with Crippen molar-refractivity contribution in [1.29, 1.82) is 0 Å². The van der Waals surface area contributed by atoms with Gasteiger partial charge in [-0.2, -0.15) is 0 Å². The Balaban J connectivity index is 1.79. The van der Waals surface area contributed by atoms with E-state index in [1.807, 2.05) is 56.6 Å². The molecule has 0 aliphatic carbocycles. The summed E-state index contributed by atoms with van der Waals surface area (Å²) < 4.78 is 12.3. The molecule has 0 radical (unpaired) electrons. The molecule has 0 spiro atoms. The van der Waals surface area contributed by atoms with Gasteiger partial charge < -0.3 is 24.3 Å². The molecule has 1 fully saturated rings. The number of rotatable bonds is 10. The van der Waals surface area contributed by atoms with E-state index in [4.69, 9.17) is 21.1 Å². The second-order valence-electron chi connectivity index (χ2n) is 14.9. The fourth-order valence-corrected chi connectivity index (χ4v) is 6.68. The number of halogens is 1. The average Bonchev–Trinajstić information content (AvgIpc) is 2.94. The van der Waals surface area contributed by atoms with Crippen LogP contribution in [0.15, 0.2) is 35.1 Å². The van der Waals surface area contributed by atoms with Crippen LogP contribution in [0.25, 0.3) is 22.0 Å². The van der Waals surface area contributed by atoms with Crippen molar-refractivity contribution in [3.8, 4) is 16.9 Å². The smallest absolute Gasteiger partial charge is 0.410 e. The maximum Gasteiger partial charge on any atom is 0.410 e. The van der Waals surface area contributed by atoms with Crippen LogP contribution in [0.2, 0.25) is 5.02 Å². The number of fused-ring (bicyclic) bond motifs is 1. The topological polar surface area (TPSA) is 91.9 Å². The summed E-state index contributed by atoms with van der Waals surface area (Å²) in [5.74, 6) is 0.810. The minimum Gasteiger partial charge on any atom is -0.492 e. The molecule has 1 atom stereocenters. The predicted molar refractivity (Wildman–Crippen MR) is 191 cm³/mol. The first-order valence-electron chi connectivity index (χ1n) is 16.9. The third-order valence-electron chi connectivity index (χ3n) is 8.21. The molecule has 0 saturated carbocycles. The largest absolute Gasteiger partial charge is 0.492 e. The summed E-state index contributed by atoms with van der Waals surface area (Å²) in [5, 5.41) is 0.879. The van der Waals surface area contributed by atoms with Gasteiger partial charge in [0.25, 0.3) is 11.5 Å². The van der Waals surface area contributed by atoms with Crippen molar-refractivity contribution in [1.82, 2.24) is 14.8 Å². The lowest BCUT2D eigenvalue weighted by Crippen LogP contribution is -2.46. The third-order valence-corrected chi connectivity index (χ3v) is 8.52. The van der Waals surface area contributed by atoms with E-state index in [0.29, 0.717) is 53.8 Å². The lowest BCUT2D eigenvalue weighted by Gasteiger charge is -2.36. The number of aromatic amines is 1. The molecular weight excluding hydrogens is 614 g/mol. The number of carbonyl (C=O) groups excluding carboxylic acids is 2. The standard InChI is InChI=1S/C38H52ClN3O5/c1-23(2)21-41(22-24(3)4)36(44)29-19-30-32(20-31(29)39)40-35(43)33(27-17-25(5)16-26(6)18-27)34(30)46-15-13-28-12-10-11-14-42(28)37(45)47-38(7,8)9/h16-20,23-24,28H,10-15,21-22H2,1-9H3,(H,40,43). The summed E-state index contributed by atoms with van der Waals surface area (Å²) in [6, 6.07) is 9.36. The van der Waals surface area contributed by atoms with Crippen LogP contribution in [0.1, 0.15) is 95.6 Å². The highest BCUT2D eigenvalue weighted by Gasteiger charge is 2.31. The molecule has 2 aromatic carbocycles. The summed E-state index contributed by atoms with van der Waals surface area (Å²) in [5.41, 5.74) is 3.14. The van der Waals surface area contributed by atoms with Gasteiger partial charge in [0.1, 0.15) is 11.4 Å². The van der Waals surface area contributed by atoms with Crippen LogP contribution in [0.5, 0.6) is 5.75 Å². The van der Waals surface area contributed by atoms with Gasteiger partial charge in [-0.3, -0.25) is 9.59 Å². The van der Waals surface area contributed by atoms with Crippen LogP contribution in [0.3, 0.4) is 0 Å². The monoisotopic (exact) mass is 665 g/mol. The van der Waals surface area contributed by atoms with Crippen molar-refractivity contribution in [3.05, 3.63) is 62.4 Å². The van der Waals surface area contributed by atoms with Gasteiger partial charge in [-0.05, 0) is 83.4 Å². The van der Waals surface area contributed by atoms with Crippen LogP contribution in [0.4, 0.5) is 4.79 Å². The molecular formula is C38H52ClN3O5. The van der Waals surface area contributed by atoms with Crippen molar-refractivity contribution in [3.63, 3.8) is 0 Å². The predicted octanol–water partition coefficient (Wildman–Crippen LogP) is 8.78. The Morgan fingerprint density at radius 1 is 1.00 bits per heavy atom. The van der Waals surface area contributed by atoms with Crippen molar-refractivity contribution in [2.75, 3.05) is 26.2 Å². The van der Waals surface area contributed by atoms with Crippen LogP contribution in [0, 0.1) is 25.7 Å². The number of benzene rings is 2. The van der Waals surface area contributed by atoms with Crippen molar-refractivity contribution < 1.29 is 19.1 Å². The molecule has 1 N–H and O–H groups in total. The van der Waals surface area contributed by atoms with Gasteiger partial charge in [-0.1, -0.05) is 68.6 Å². The summed E-state index contributed by atoms with van der Waals surface area (Å²) >= 11 is 6.76. The molecule has 2 amide bonds. The first-order chi connectivity index (χ1) is 22.0. The van der Waals surface area contributed by atoms with E-state index in [2.05, 4.69) is 38.7 Å². The first kappa shape index (κ1) is 36.3. The number of carbonyl (C=O) groups is 2. The zero-order chi connectivity index (χ0) is 34.6. The molecule has 47 heavy (non-hydrogen) atoms. The molecule has 9 heteroatoms. The Morgan fingerprint density at radius 2 is 1.64 bits per heavy atom. The van der Waals surface area contributed by atoms with Crippen molar-refractivity contribution in [2.24, 2.45) is 11.8 Å². The molecule has 1 saturated heterocycles. The van der Waals surface area contributed by atoms with Crippen molar-refractivity contribution in [2.45, 2.75) is 99.6 Å². The minimum absolute atomic E-state index is 0.0521. The molecule has 2 heterocycles. The maximum atomic E-state index is 14.0. The summed E-state index contributed by atoms with van der Waals surface area (Å²) in [4.78, 5) is 47.5. The Hall–Kier alpha value is -3.52. The Bertz CT molecular complexity index is 1630. The molecule has 256 valence electrons. The third kappa shape index (κ3) is 9.31. The van der Waals surface area contributed by atoms with Crippen LogP contribution >= 0.6 is 11.6 Å². The van der Waals surface area contributed by atoms with Crippen LogP contribution in [-0.4, -0.2) is 64.7 Å². The van der Waals surface area contributed by atoms with Gasteiger partial charge in [0.2, 0.25) is 0 Å². The number of hydrogen-bond donors (Lipinski definition) is 1. The van der Waals surface area contributed by atoms with Gasteiger partial charge >= 0.3 is 6.09 Å². The molecule has 1 aromatic heterocycles. The SMILES string of the molecule is Cc1cc(C)cc(-c2c(OCCC3CCCCN3C(=O)OC(C)(C)C)c3cc(C(=O)N(CC(C)C)CC(C)C)c(Cl)cc3[nH]c2=O)c1. The number of piperidine rings is 1. The molecule has 1 aliphatic rings. The Morgan fingerprint density at radius 3 is 2.23 bits per heavy atom. The molecule has 1 aliphatic heterocycles. The Labute approximate surface area is 284 Å². The lowest BCUT2D eigenvalue weighted by molar-refractivity contribution is 0.00744. The molecule has 8 nitrogen and oxygen atoms in total. The van der Waals surface area contributed by atoms with Crippen LogP contribution in [-0.2, 0) is 4.74 Å². The van der Waals surface area contributed by atoms with E-state index >= 15 is 0 Å². The first-order valence-corrected chi connectivity index (χ1v) is 17.3. The Kier molecular flexibility index (Phi) is 11.7. The molecule has 1 unspecified atom stereocenters. The van der Waals surface area contributed by atoms with E-state index in [1.165, 1.54) is 0 Å². The zero-order valence-corrected chi connectivity index (χ0v) is 30.3. The number of aryl methyl sites for hydroxylation is 2. The number of H-pyrrole nitrogens is 1. The second kappa shape index (κ2) is 15.1. The summed E-state index contributed by atoms with van der Waals surface area (Å²) in [7, 11) is 0.